The molecule has 2 aromatic carbocycles. The summed E-state index contributed by atoms with van der Waals surface area (Å²) >= 11 is 0. The van der Waals surface area contributed by atoms with E-state index in [1.165, 1.54) is 6.07 Å². The number of rotatable bonds is 4. The standard InChI is InChI=1S/C18H20FN3O/c19-16-9-8-15(22-10-4-5-11-22)12-17(16)21-18(23)20-13-14-6-2-1-3-7-14/h1-3,6-9,12H,4-5,10-11,13H2,(H2,20,21,23). The Morgan fingerprint density at radius 2 is 1.83 bits per heavy atom. The van der Waals surface area contributed by atoms with Crippen molar-refractivity contribution in [1.29, 1.82) is 0 Å². The molecule has 5 heteroatoms. The molecule has 0 spiro atoms. The normalized spacial score (nSPS) is 13.9. The van der Waals surface area contributed by atoms with Gasteiger partial charge < -0.3 is 15.5 Å². The molecule has 2 aromatic rings. The molecular weight excluding hydrogens is 293 g/mol. The van der Waals surface area contributed by atoms with Crippen LogP contribution in [-0.4, -0.2) is 19.1 Å². The molecule has 1 saturated heterocycles. The van der Waals surface area contributed by atoms with Crippen molar-refractivity contribution in [1.82, 2.24) is 5.32 Å². The Kier molecular flexibility index (Phi) is 4.76. The third-order valence-corrected chi connectivity index (χ3v) is 3.97. The molecule has 2 amide bonds. The quantitative estimate of drug-likeness (QED) is 0.903. The van der Waals surface area contributed by atoms with Crippen molar-refractivity contribution < 1.29 is 9.18 Å². The Hall–Kier alpha value is -2.56. The fourth-order valence-corrected chi connectivity index (χ4v) is 2.73. The van der Waals surface area contributed by atoms with E-state index < -0.39 is 11.8 Å². The summed E-state index contributed by atoms with van der Waals surface area (Å²) < 4.78 is 13.9. The van der Waals surface area contributed by atoms with Crippen molar-refractivity contribution in [2.24, 2.45) is 0 Å². The van der Waals surface area contributed by atoms with Gasteiger partial charge in [-0.15, -0.1) is 0 Å². The van der Waals surface area contributed by atoms with Crippen LogP contribution < -0.4 is 15.5 Å². The number of amides is 2. The van der Waals surface area contributed by atoms with Crippen LogP contribution >= 0.6 is 0 Å². The third-order valence-electron chi connectivity index (χ3n) is 3.97. The van der Waals surface area contributed by atoms with E-state index in [0.717, 1.165) is 37.2 Å². The summed E-state index contributed by atoms with van der Waals surface area (Å²) in [5.41, 5.74) is 2.15. The number of halogens is 1. The molecule has 0 atom stereocenters. The highest BCUT2D eigenvalue weighted by molar-refractivity contribution is 5.90. The number of carbonyl (C=O) groups is 1. The van der Waals surface area contributed by atoms with Gasteiger partial charge in [0.05, 0.1) is 5.69 Å². The first-order chi connectivity index (χ1) is 11.2. The maximum atomic E-state index is 13.9. The van der Waals surface area contributed by atoms with E-state index in [9.17, 15) is 9.18 Å². The summed E-state index contributed by atoms with van der Waals surface area (Å²) in [6, 6.07) is 14.0. The lowest BCUT2D eigenvalue weighted by Crippen LogP contribution is -2.28. The first kappa shape index (κ1) is 15.3. The van der Waals surface area contributed by atoms with Crippen molar-refractivity contribution >= 4 is 17.4 Å². The molecule has 0 aromatic heterocycles. The minimum Gasteiger partial charge on any atom is -0.371 e. The third kappa shape index (κ3) is 4.00. The molecule has 3 rings (SSSR count). The van der Waals surface area contributed by atoms with E-state index in [1.54, 1.807) is 12.1 Å². The number of nitrogens with zero attached hydrogens (tertiary/aromatic N) is 1. The number of urea groups is 1. The van der Waals surface area contributed by atoms with Crippen molar-refractivity contribution in [3.8, 4) is 0 Å². The molecule has 23 heavy (non-hydrogen) atoms. The Labute approximate surface area is 135 Å². The fraction of sp³-hybridized carbons (Fsp3) is 0.278. The van der Waals surface area contributed by atoms with E-state index in [-0.39, 0.29) is 5.69 Å². The molecule has 0 unspecified atom stereocenters. The summed E-state index contributed by atoms with van der Waals surface area (Å²) in [5, 5.41) is 5.33. The van der Waals surface area contributed by atoms with Crippen LogP contribution in [0.25, 0.3) is 0 Å². The smallest absolute Gasteiger partial charge is 0.319 e. The van der Waals surface area contributed by atoms with Gasteiger partial charge in [0.1, 0.15) is 5.82 Å². The predicted octanol–water partition coefficient (Wildman–Crippen LogP) is 3.75. The van der Waals surface area contributed by atoms with Crippen LogP contribution in [0.3, 0.4) is 0 Å². The predicted molar refractivity (Wildman–Crippen MR) is 90.1 cm³/mol. The highest BCUT2D eigenvalue weighted by atomic mass is 19.1. The average molecular weight is 313 g/mol. The lowest BCUT2D eigenvalue weighted by molar-refractivity contribution is 0.251. The van der Waals surface area contributed by atoms with E-state index in [4.69, 9.17) is 0 Å². The summed E-state index contributed by atoms with van der Waals surface area (Å²) in [6.07, 6.45) is 2.30. The minimum atomic E-state index is -0.428. The van der Waals surface area contributed by atoms with Crippen molar-refractivity contribution in [2.45, 2.75) is 19.4 Å². The maximum absolute atomic E-state index is 13.9. The second-order valence-electron chi connectivity index (χ2n) is 5.65. The van der Waals surface area contributed by atoms with Crippen molar-refractivity contribution in [2.75, 3.05) is 23.3 Å². The molecule has 0 saturated carbocycles. The van der Waals surface area contributed by atoms with Gasteiger partial charge in [0.2, 0.25) is 0 Å². The molecule has 1 fully saturated rings. The van der Waals surface area contributed by atoms with Gasteiger partial charge in [-0.25, -0.2) is 9.18 Å². The fourth-order valence-electron chi connectivity index (χ4n) is 2.73. The van der Waals surface area contributed by atoms with Gasteiger partial charge in [0.25, 0.3) is 0 Å². The van der Waals surface area contributed by atoms with E-state index in [1.807, 2.05) is 30.3 Å². The highest BCUT2D eigenvalue weighted by Gasteiger charge is 2.15. The van der Waals surface area contributed by atoms with Crippen LogP contribution in [0.15, 0.2) is 48.5 Å². The molecule has 0 bridgehead atoms. The molecular formula is C18H20FN3O. The largest absolute Gasteiger partial charge is 0.371 e. The maximum Gasteiger partial charge on any atom is 0.319 e. The average Bonchev–Trinajstić information content (AvgIpc) is 3.10. The van der Waals surface area contributed by atoms with Crippen LogP contribution in [0.2, 0.25) is 0 Å². The molecule has 1 aliphatic rings. The summed E-state index contributed by atoms with van der Waals surface area (Å²) in [7, 11) is 0. The Morgan fingerprint density at radius 1 is 1.09 bits per heavy atom. The Balaban J connectivity index is 1.62. The molecule has 1 heterocycles. The summed E-state index contributed by atoms with van der Waals surface area (Å²) in [4.78, 5) is 14.2. The number of hydrogen-bond donors (Lipinski definition) is 2. The van der Waals surface area contributed by atoms with E-state index >= 15 is 0 Å². The number of nitrogens with one attached hydrogen (secondary N) is 2. The summed E-state index contributed by atoms with van der Waals surface area (Å²) in [6.45, 7) is 2.36. The van der Waals surface area contributed by atoms with Crippen LogP contribution in [0.1, 0.15) is 18.4 Å². The molecule has 4 nitrogen and oxygen atoms in total. The van der Waals surface area contributed by atoms with Crippen LogP contribution in [0, 0.1) is 5.82 Å². The second-order valence-corrected chi connectivity index (χ2v) is 5.65. The number of anilines is 2. The number of benzene rings is 2. The zero-order valence-electron chi connectivity index (χ0n) is 12.9. The van der Waals surface area contributed by atoms with Gasteiger partial charge in [-0.2, -0.15) is 0 Å². The molecule has 0 radical (unpaired) electrons. The highest BCUT2D eigenvalue weighted by Crippen LogP contribution is 2.25. The topological polar surface area (TPSA) is 44.4 Å². The first-order valence-corrected chi connectivity index (χ1v) is 7.85. The van der Waals surface area contributed by atoms with E-state index in [0.29, 0.717) is 6.54 Å². The number of carbonyl (C=O) groups excluding carboxylic acids is 1. The van der Waals surface area contributed by atoms with Gasteiger partial charge in [-0.1, -0.05) is 30.3 Å². The first-order valence-electron chi connectivity index (χ1n) is 7.85. The van der Waals surface area contributed by atoms with Gasteiger partial charge >= 0.3 is 6.03 Å². The second kappa shape index (κ2) is 7.13. The molecule has 2 N–H and O–H groups in total. The molecule has 0 aliphatic carbocycles. The zero-order chi connectivity index (χ0) is 16.1. The van der Waals surface area contributed by atoms with Crippen LogP contribution in [0.4, 0.5) is 20.6 Å². The summed E-state index contributed by atoms with van der Waals surface area (Å²) in [5.74, 6) is -0.428. The minimum absolute atomic E-state index is 0.208. The SMILES string of the molecule is O=C(NCc1ccccc1)Nc1cc(N2CCCC2)ccc1F. The van der Waals surface area contributed by atoms with Crippen molar-refractivity contribution in [3.63, 3.8) is 0 Å². The van der Waals surface area contributed by atoms with Gasteiger partial charge in [-0.05, 0) is 36.6 Å². The van der Waals surface area contributed by atoms with Gasteiger partial charge in [0, 0.05) is 25.3 Å². The van der Waals surface area contributed by atoms with Gasteiger partial charge in [-0.3, -0.25) is 0 Å². The Bertz CT molecular complexity index is 669. The van der Waals surface area contributed by atoms with Crippen LogP contribution in [0.5, 0.6) is 0 Å². The lowest BCUT2D eigenvalue weighted by atomic mass is 10.2. The zero-order valence-corrected chi connectivity index (χ0v) is 12.9. The van der Waals surface area contributed by atoms with Crippen molar-refractivity contribution in [3.05, 3.63) is 59.9 Å². The van der Waals surface area contributed by atoms with E-state index in [2.05, 4.69) is 15.5 Å². The Morgan fingerprint density at radius 3 is 2.57 bits per heavy atom. The van der Waals surface area contributed by atoms with Crippen LogP contribution in [-0.2, 0) is 6.54 Å². The lowest BCUT2D eigenvalue weighted by Gasteiger charge is -2.19. The number of hydrogen-bond acceptors (Lipinski definition) is 2. The molecule has 120 valence electrons. The monoisotopic (exact) mass is 313 g/mol. The molecule has 1 aliphatic heterocycles. The van der Waals surface area contributed by atoms with Gasteiger partial charge in [0.15, 0.2) is 0 Å².